The molecule has 2 unspecified atom stereocenters. The Hall–Kier alpha value is -2.86. The van der Waals surface area contributed by atoms with Crippen molar-refractivity contribution in [3.8, 4) is 5.75 Å². The maximum atomic E-state index is 12.5. The Morgan fingerprint density at radius 2 is 1.93 bits per heavy atom. The molecule has 2 aromatic rings. The van der Waals surface area contributed by atoms with E-state index >= 15 is 0 Å². The number of hydrogen-bond acceptors (Lipinski definition) is 4. The van der Waals surface area contributed by atoms with Crippen LogP contribution < -0.4 is 15.8 Å². The van der Waals surface area contributed by atoms with Crippen molar-refractivity contribution in [3.05, 3.63) is 59.7 Å². The van der Waals surface area contributed by atoms with E-state index < -0.39 is 6.10 Å². The number of nitrogens with one attached hydrogen (secondary N) is 1. The van der Waals surface area contributed by atoms with Crippen LogP contribution >= 0.6 is 0 Å². The lowest BCUT2D eigenvalue weighted by molar-refractivity contribution is -0.123. The standard InChI is InChI=1S/C22H25N3O3/c23-21(26)17-5-3-11-25(14-17)13-15-7-9-18(10-8-15)24-22(27)20-12-16-4-1-2-6-19(16)28-20/h1-2,4,6-10,17,20H,3,5,11-14H2,(H2,23,26)(H,24,27). The minimum absolute atomic E-state index is 0.0529. The molecule has 2 heterocycles. The van der Waals surface area contributed by atoms with E-state index in [9.17, 15) is 9.59 Å². The van der Waals surface area contributed by atoms with Gasteiger partial charge in [0.05, 0.1) is 5.92 Å². The summed E-state index contributed by atoms with van der Waals surface area (Å²) in [5.74, 6) is 0.389. The van der Waals surface area contributed by atoms with Crippen LogP contribution in [0.3, 0.4) is 0 Å². The van der Waals surface area contributed by atoms with E-state index in [2.05, 4.69) is 10.2 Å². The van der Waals surface area contributed by atoms with Gasteiger partial charge in [0.2, 0.25) is 5.91 Å². The van der Waals surface area contributed by atoms with Crippen LogP contribution in [0.15, 0.2) is 48.5 Å². The number of benzene rings is 2. The van der Waals surface area contributed by atoms with Gasteiger partial charge in [-0.15, -0.1) is 0 Å². The average Bonchev–Trinajstić information content (AvgIpc) is 3.14. The summed E-state index contributed by atoms with van der Waals surface area (Å²) in [6.45, 7) is 2.47. The molecule has 2 atom stereocenters. The monoisotopic (exact) mass is 379 g/mol. The zero-order valence-electron chi connectivity index (χ0n) is 15.8. The zero-order valence-corrected chi connectivity index (χ0v) is 15.8. The van der Waals surface area contributed by atoms with Gasteiger partial charge in [0.15, 0.2) is 6.10 Å². The number of likely N-dealkylation sites (tertiary alicyclic amines) is 1. The van der Waals surface area contributed by atoms with E-state index in [1.807, 2.05) is 48.5 Å². The number of rotatable bonds is 5. The molecule has 2 amide bonds. The van der Waals surface area contributed by atoms with Crippen molar-refractivity contribution < 1.29 is 14.3 Å². The van der Waals surface area contributed by atoms with Crippen molar-refractivity contribution in [1.29, 1.82) is 0 Å². The number of nitrogens with zero attached hydrogens (tertiary/aromatic N) is 1. The second-order valence-electron chi connectivity index (χ2n) is 7.58. The van der Waals surface area contributed by atoms with E-state index in [1.54, 1.807) is 0 Å². The van der Waals surface area contributed by atoms with Gasteiger partial charge in [0.1, 0.15) is 5.75 Å². The average molecular weight is 379 g/mol. The summed E-state index contributed by atoms with van der Waals surface area (Å²) < 4.78 is 5.74. The Morgan fingerprint density at radius 3 is 2.68 bits per heavy atom. The number of piperidine rings is 1. The molecular formula is C22H25N3O3. The molecule has 0 bridgehead atoms. The summed E-state index contributed by atoms with van der Waals surface area (Å²) in [6, 6.07) is 15.6. The topological polar surface area (TPSA) is 84.7 Å². The van der Waals surface area contributed by atoms with Gasteiger partial charge < -0.3 is 15.8 Å². The van der Waals surface area contributed by atoms with E-state index in [1.165, 1.54) is 0 Å². The molecule has 2 aliphatic heterocycles. The number of fused-ring (bicyclic) bond motifs is 1. The summed E-state index contributed by atoms with van der Waals surface area (Å²) in [5.41, 5.74) is 8.41. The number of para-hydroxylation sites is 1. The van der Waals surface area contributed by atoms with Crippen molar-refractivity contribution in [2.45, 2.75) is 31.9 Å². The zero-order chi connectivity index (χ0) is 19.5. The third kappa shape index (κ3) is 4.17. The molecule has 6 heteroatoms. The van der Waals surface area contributed by atoms with Crippen molar-refractivity contribution in [2.24, 2.45) is 11.7 Å². The smallest absolute Gasteiger partial charge is 0.265 e. The number of primary amides is 1. The quantitative estimate of drug-likeness (QED) is 0.835. The van der Waals surface area contributed by atoms with Crippen LogP contribution in [0.4, 0.5) is 5.69 Å². The van der Waals surface area contributed by atoms with Crippen LogP contribution in [0.1, 0.15) is 24.0 Å². The highest BCUT2D eigenvalue weighted by molar-refractivity contribution is 5.95. The molecule has 1 saturated heterocycles. The number of anilines is 1. The number of nitrogens with two attached hydrogens (primary N) is 1. The Bertz CT molecular complexity index is 841. The van der Waals surface area contributed by atoms with Gasteiger partial charge in [-0.3, -0.25) is 14.5 Å². The Morgan fingerprint density at radius 1 is 1.14 bits per heavy atom. The predicted molar refractivity (Wildman–Crippen MR) is 107 cm³/mol. The maximum Gasteiger partial charge on any atom is 0.265 e. The van der Waals surface area contributed by atoms with Gasteiger partial charge in [-0.05, 0) is 48.7 Å². The van der Waals surface area contributed by atoms with E-state index in [-0.39, 0.29) is 17.7 Å². The van der Waals surface area contributed by atoms with Crippen LogP contribution in [0.5, 0.6) is 5.75 Å². The predicted octanol–water partition coefficient (Wildman–Crippen LogP) is 2.33. The Labute approximate surface area is 164 Å². The van der Waals surface area contributed by atoms with Gasteiger partial charge in [-0.1, -0.05) is 30.3 Å². The lowest BCUT2D eigenvalue weighted by atomic mass is 9.97. The van der Waals surface area contributed by atoms with Crippen LogP contribution in [-0.4, -0.2) is 35.9 Å². The fourth-order valence-electron chi connectivity index (χ4n) is 3.93. The van der Waals surface area contributed by atoms with Gasteiger partial charge in [0.25, 0.3) is 5.91 Å². The van der Waals surface area contributed by atoms with Crippen molar-refractivity contribution in [2.75, 3.05) is 18.4 Å². The third-order valence-corrected chi connectivity index (χ3v) is 5.48. The van der Waals surface area contributed by atoms with Crippen LogP contribution in [0, 0.1) is 5.92 Å². The van der Waals surface area contributed by atoms with Crippen LogP contribution in [-0.2, 0) is 22.6 Å². The first-order chi connectivity index (χ1) is 13.6. The van der Waals surface area contributed by atoms with Crippen molar-refractivity contribution in [1.82, 2.24) is 4.90 Å². The molecule has 2 aromatic carbocycles. The molecular weight excluding hydrogens is 354 g/mol. The van der Waals surface area contributed by atoms with E-state index in [0.717, 1.165) is 48.5 Å². The highest BCUT2D eigenvalue weighted by atomic mass is 16.5. The molecule has 4 rings (SSSR count). The minimum atomic E-state index is -0.490. The molecule has 2 aliphatic rings. The van der Waals surface area contributed by atoms with Gasteiger partial charge in [0, 0.05) is 25.2 Å². The molecule has 0 saturated carbocycles. The fourth-order valence-corrected chi connectivity index (χ4v) is 3.93. The minimum Gasteiger partial charge on any atom is -0.480 e. The number of carbonyl (C=O) groups excluding carboxylic acids is 2. The first-order valence-electron chi connectivity index (χ1n) is 9.74. The Kier molecular flexibility index (Phi) is 5.30. The maximum absolute atomic E-state index is 12.5. The summed E-state index contributed by atoms with van der Waals surface area (Å²) in [4.78, 5) is 26.2. The fraction of sp³-hybridized carbons (Fsp3) is 0.364. The summed E-state index contributed by atoms with van der Waals surface area (Å²) in [6.07, 6.45) is 1.97. The first-order valence-corrected chi connectivity index (χ1v) is 9.74. The van der Waals surface area contributed by atoms with Gasteiger partial charge in [-0.25, -0.2) is 0 Å². The molecule has 1 fully saturated rings. The van der Waals surface area contributed by atoms with Gasteiger partial charge >= 0.3 is 0 Å². The number of amides is 2. The highest BCUT2D eigenvalue weighted by Crippen LogP contribution is 2.28. The molecule has 28 heavy (non-hydrogen) atoms. The Balaban J connectivity index is 1.31. The largest absolute Gasteiger partial charge is 0.480 e. The highest BCUT2D eigenvalue weighted by Gasteiger charge is 2.29. The summed E-state index contributed by atoms with van der Waals surface area (Å²) >= 11 is 0. The van der Waals surface area contributed by atoms with Crippen molar-refractivity contribution >= 4 is 17.5 Å². The number of hydrogen-bond donors (Lipinski definition) is 2. The second kappa shape index (κ2) is 8.02. The number of carbonyl (C=O) groups is 2. The lowest BCUT2D eigenvalue weighted by Gasteiger charge is -2.31. The SMILES string of the molecule is NC(=O)C1CCCN(Cc2ccc(NC(=O)C3Cc4ccccc4O3)cc2)C1. The van der Waals surface area contributed by atoms with Crippen molar-refractivity contribution in [3.63, 3.8) is 0 Å². The molecule has 0 aliphatic carbocycles. The molecule has 6 nitrogen and oxygen atoms in total. The van der Waals surface area contributed by atoms with Crippen LogP contribution in [0.25, 0.3) is 0 Å². The number of ether oxygens (including phenoxy) is 1. The lowest BCUT2D eigenvalue weighted by Crippen LogP contribution is -2.40. The van der Waals surface area contributed by atoms with E-state index in [4.69, 9.17) is 10.5 Å². The van der Waals surface area contributed by atoms with E-state index in [0.29, 0.717) is 13.0 Å². The van der Waals surface area contributed by atoms with Crippen LogP contribution in [0.2, 0.25) is 0 Å². The molecule has 146 valence electrons. The molecule has 0 radical (unpaired) electrons. The molecule has 0 aromatic heterocycles. The normalized spacial score (nSPS) is 21.6. The third-order valence-electron chi connectivity index (χ3n) is 5.48. The first kappa shape index (κ1) is 18.5. The second-order valence-corrected chi connectivity index (χ2v) is 7.58. The van der Waals surface area contributed by atoms with Gasteiger partial charge in [-0.2, -0.15) is 0 Å². The molecule has 0 spiro atoms. The summed E-state index contributed by atoms with van der Waals surface area (Å²) in [7, 11) is 0. The molecule has 3 N–H and O–H groups in total. The summed E-state index contributed by atoms with van der Waals surface area (Å²) in [5, 5.41) is 2.93.